The second-order valence-electron chi connectivity index (χ2n) is 3.38. The van der Waals surface area contributed by atoms with Crippen molar-refractivity contribution < 1.29 is 13.6 Å². The van der Waals surface area contributed by atoms with Gasteiger partial charge in [-0.2, -0.15) is 17.4 Å². The highest BCUT2D eigenvalue weighted by Crippen LogP contribution is 2.11. The van der Waals surface area contributed by atoms with Crippen LogP contribution in [0.5, 0.6) is 0 Å². The highest BCUT2D eigenvalue weighted by atomic mass is 32.2. The molecule has 0 bridgehead atoms. The fourth-order valence-corrected chi connectivity index (χ4v) is 2.65. The maximum Gasteiger partial charge on any atom is 0.279 e. The van der Waals surface area contributed by atoms with Crippen LogP contribution in [0.1, 0.15) is 19.3 Å². The van der Waals surface area contributed by atoms with Crippen molar-refractivity contribution >= 4 is 16.0 Å². The number of nitrogens with one attached hydrogen (secondary N) is 1. The van der Waals surface area contributed by atoms with Crippen LogP contribution in [0.25, 0.3) is 0 Å². The van der Waals surface area contributed by atoms with Crippen molar-refractivity contribution in [1.82, 2.24) is 9.03 Å². The molecule has 88 valence electrons. The van der Waals surface area contributed by atoms with Gasteiger partial charge in [0, 0.05) is 13.1 Å². The number of nitrogens with zero attached hydrogens (tertiary/aromatic N) is 2. The van der Waals surface area contributed by atoms with E-state index in [0.29, 0.717) is 13.1 Å². The van der Waals surface area contributed by atoms with E-state index in [1.54, 1.807) is 0 Å². The summed E-state index contributed by atoms with van der Waals surface area (Å²) in [5, 5.41) is 10.9. The third-order valence-electron chi connectivity index (χ3n) is 2.22. The molecule has 0 radical (unpaired) electrons. The normalized spacial score (nSPS) is 20.4. The van der Waals surface area contributed by atoms with Crippen molar-refractivity contribution in [3.8, 4) is 0 Å². The van der Waals surface area contributed by atoms with E-state index < -0.39 is 10.2 Å². The number of rotatable bonds is 4. The van der Waals surface area contributed by atoms with Crippen LogP contribution in [0.4, 0.5) is 0 Å². The third kappa shape index (κ3) is 3.65. The summed E-state index contributed by atoms with van der Waals surface area (Å²) < 4.78 is 26.9. The zero-order valence-corrected chi connectivity index (χ0v) is 9.20. The first kappa shape index (κ1) is 12.2. The second kappa shape index (κ2) is 5.29. The summed E-state index contributed by atoms with van der Waals surface area (Å²) in [6.45, 7) is 0.895. The van der Waals surface area contributed by atoms with Gasteiger partial charge in [-0.3, -0.25) is 0 Å². The van der Waals surface area contributed by atoms with Crippen molar-refractivity contribution in [3.63, 3.8) is 0 Å². The smallest absolute Gasteiger partial charge is 0.279 e. The molecule has 0 spiro atoms. The molecule has 1 heterocycles. The summed E-state index contributed by atoms with van der Waals surface area (Å²) in [6, 6.07) is 0. The summed E-state index contributed by atoms with van der Waals surface area (Å²) in [4.78, 5) is 0. The molecule has 0 aromatic rings. The summed E-state index contributed by atoms with van der Waals surface area (Å²) in [5.41, 5.74) is 5.16. The molecule has 0 aromatic carbocycles. The van der Waals surface area contributed by atoms with E-state index in [1.165, 1.54) is 4.31 Å². The van der Waals surface area contributed by atoms with Crippen molar-refractivity contribution in [2.75, 3.05) is 19.6 Å². The van der Waals surface area contributed by atoms with Gasteiger partial charge in [-0.15, -0.1) is 0 Å². The Morgan fingerprint density at radius 2 is 2.00 bits per heavy atom. The van der Waals surface area contributed by atoms with Crippen LogP contribution >= 0.6 is 0 Å². The van der Waals surface area contributed by atoms with E-state index >= 15 is 0 Å². The van der Waals surface area contributed by atoms with Crippen molar-refractivity contribution in [3.05, 3.63) is 0 Å². The SMILES string of the molecule is N/C(CNS(=O)(=O)N1CCCCC1)=N\O. The first-order valence-corrected chi connectivity index (χ1v) is 6.21. The number of amidine groups is 1. The average molecular weight is 236 g/mol. The fourth-order valence-electron chi connectivity index (χ4n) is 1.40. The van der Waals surface area contributed by atoms with Crippen LogP contribution in [0.2, 0.25) is 0 Å². The van der Waals surface area contributed by atoms with Crippen LogP contribution in [0.3, 0.4) is 0 Å². The molecule has 1 aliphatic heterocycles. The van der Waals surface area contributed by atoms with Crippen LogP contribution < -0.4 is 10.5 Å². The van der Waals surface area contributed by atoms with Crippen LogP contribution in [-0.2, 0) is 10.2 Å². The third-order valence-corrected chi connectivity index (χ3v) is 3.77. The standard InChI is InChI=1S/C7H16N4O3S/c8-7(10-12)6-9-15(13,14)11-4-2-1-3-5-11/h9,12H,1-6H2,(H2,8,10). The van der Waals surface area contributed by atoms with Gasteiger partial charge in [0.1, 0.15) is 0 Å². The van der Waals surface area contributed by atoms with Gasteiger partial charge in [0.05, 0.1) is 6.54 Å². The molecule has 4 N–H and O–H groups in total. The fraction of sp³-hybridized carbons (Fsp3) is 0.857. The summed E-state index contributed by atoms with van der Waals surface area (Å²) >= 11 is 0. The Kier molecular flexibility index (Phi) is 4.30. The van der Waals surface area contributed by atoms with Crippen molar-refractivity contribution in [2.24, 2.45) is 10.9 Å². The summed E-state index contributed by atoms with van der Waals surface area (Å²) in [6.07, 6.45) is 2.82. The molecule has 1 saturated heterocycles. The Morgan fingerprint density at radius 3 is 2.53 bits per heavy atom. The molecule has 0 saturated carbocycles. The predicted octanol–water partition coefficient (Wildman–Crippen LogP) is -0.947. The number of oxime groups is 1. The molecule has 15 heavy (non-hydrogen) atoms. The quantitative estimate of drug-likeness (QED) is 0.253. The first-order chi connectivity index (χ1) is 7.06. The zero-order valence-electron chi connectivity index (χ0n) is 8.39. The van der Waals surface area contributed by atoms with Gasteiger partial charge in [0.25, 0.3) is 10.2 Å². The molecule has 0 aliphatic carbocycles. The van der Waals surface area contributed by atoms with Crippen LogP contribution in [0, 0.1) is 0 Å². The number of piperidine rings is 1. The Hall–Kier alpha value is -0.860. The monoisotopic (exact) mass is 236 g/mol. The molecule has 0 atom stereocenters. The lowest BCUT2D eigenvalue weighted by Crippen LogP contribution is -2.45. The van der Waals surface area contributed by atoms with Gasteiger partial charge in [-0.25, -0.2) is 0 Å². The molecule has 1 aliphatic rings. The Balaban J connectivity index is 2.50. The molecule has 8 heteroatoms. The molecule has 7 nitrogen and oxygen atoms in total. The van der Waals surface area contributed by atoms with Gasteiger partial charge >= 0.3 is 0 Å². The zero-order chi connectivity index (χ0) is 11.3. The highest BCUT2D eigenvalue weighted by Gasteiger charge is 2.23. The van der Waals surface area contributed by atoms with E-state index in [2.05, 4.69) is 9.88 Å². The molecular weight excluding hydrogens is 220 g/mol. The number of nitrogens with two attached hydrogens (primary N) is 1. The molecule has 0 aromatic heterocycles. The molecular formula is C7H16N4O3S. The Labute approximate surface area is 89.1 Å². The second-order valence-corrected chi connectivity index (χ2v) is 5.13. The van der Waals surface area contributed by atoms with Crippen molar-refractivity contribution in [1.29, 1.82) is 0 Å². The van der Waals surface area contributed by atoms with E-state index in [1.807, 2.05) is 0 Å². The van der Waals surface area contributed by atoms with Gasteiger partial charge < -0.3 is 10.9 Å². The summed E-state index contributed by atoms with van der Waals surface area (Å²) in [5.74, 6) is -0.157. The largest absolute Gasteiger partial charge is 0.409 e. The van der Waals surface area contributed by atoms with Gasteiger partial charge in [0.15, 0.2) is 5.84 Å². The van der Waals surface area contributed by atoms with E-state index in [0.717, 1.165) is 19.3 Å². The minimum atomic E-state index is -3.48. The van der Waals surface area contributed by atoms with E-state index in [9.17, 15) is 8.42 Å². The molecule has 0 unspecified atom stereocenters. The maximum absolute atomic E-state index is 11.6. The van der Waals surface area contributed by atoms with Crippen molar-refractivity contribution in [2.45, 2.75) is 19.3 Å². The van der Waals surface area contributed by atoms with Crippen LogP contribution in [0.15, 0.2) is 5.16 Å². The lowest BCUT2D eigenvalue weighted by Gasteiger charge is -2.25. The maximum atomic E-state index is 11.6. The highest BCUT2D eigenvalue weighted by molar-refractivity contribution is 7.87. The number of hydrogen-bond acceptors (Lipinski definition) is 4. The average Bonchev–Trinajstić information content (AvgIpc) is 2.27. The predicted molar refractivity (Wildman–Crippen MR) is 55.8 cm³/mol. The summed E-state index contributed by atoms with van der Waals surface area (Å²) in [7, 11) is -3.48. The minimum Gasteiger partial charge on any atom is -0.409 e. The van der Waals surface area contributed by atoms with Crippen LogP contribution in [-0.4, -0.2) is 43.4 Å². The van der Waals surface area contributed by atoms with Gasteiger partial charge in [-0.1, -0.05) is 11.6 Å². The Bertz CT molecular complexity index is 321. The minimum absolute atomic E-state index is 0.157. The van der Waals surface area contributed by atoms with Gasteiger partial charge in [0.2, 0.25) is 0 Å². The topological polar surface area (TPSA) is 108 Å². The molecule has 1 rings (SSSR count). The first-order valence-electron chi connectivity index (χ1n) is 4.77. The lowest BCUT2D eigenvalue weighted by molar-refractivity contribution is 0.317. The molecule has 0 amide bonds. The lowest BCUT2D eigenvalue weighted by atomic mass is 10.2. The van der Waals surface area contributed by atoms with E-state index in [-0.39, 0.29) is 12.4 Å². The Morgan fingerprint density at radius 1 is 1.40 bits per heavy atom. The van der Waals surface area contributed by atoms with Gasteiger partial charge in [-0.05, 0) is 12.8 Å². The molecule has 1 fully saturated rings. The van der Waals surface area contributed by atoms with E-state index in [4.69, 9.17) is 10.9 Å². The number of hydrogen-bond donors (Lipinski definition) is 3.